The zero-order valence-corrected chi connectivity index (χ0v) is 13.8. The Morgan fingerprint density at radius 3 is 2.83 bits per heavy atom. The second-order valence-corrected chi connectivity index (χ2v) is 6.53. The number of fused-ring (bicyclic) bond motifs is 1. The molecule has 1 saturated carbocycles. The first-order chi connectivity index (χ1) is 11.2. The van der Waals surface area contributed by atoms with Gasteiger partial charge in [0.1, 0.15) is 0 Å². The summed E-state index contributed by atoms with van der Waals surface area (Å²) >= 11 is 6.01. The fourth-order valence-corrected chi connectivity index (χ4v) is 3.15. The molecule has 1 aromatic carbocycles. The molecular weight excluding hydrogens is 314 g/mol. The normalized spacial score (nSPS) is 21.9. The minimum atomic E-state index is -0.362. The Morgan fingerprint density at radius 2 is 2.00 bits per heavy atom. The summed E-state index contributed by atoms with van der Waals surface area (Å²) in [4.78, 5) is 12.0. The van der Waals surface area contributed by atoms with E-state index < -0.39 is 0 Å². The maximum atomic E-state index is 12.0. The number of carbonyl (C=O) groups is 1. The summed E-state index contributed by atoms with van der Waals surface area (Å²) in [6, 6.07) is 5.91. The molecule has 4 nitrogen and oxygen atoms in total. The van der Waals surface area contributed by atoms with E-state index in [4.69, 9.17) is 21.1 Å². The maximum absolute atomic E-state index is 12.0. The molecule has 0 aromatic heterocycles. The van der Waals surface area contributed by atoms with Crippen LogP contribution in [0.15, 0.2) is 24.3 Å². The lowest BCUT2D eigenvalue weighted by Gasteiger charge is -2.21. The number of amides is 1. The number of alkyl halides is 1. The van der Waals surface area contributed by atoms with Crippen molar-refractivity contribution < 1.29 is 14.3 Å². The highest BCUT2D eigenvalue weighted by molar-refractivity contribution is 6.19. The molecule has 1 amide bonds. The Morgan fingerprint density at radius 1 is 1.17 bits per heavy atom. The number of ether oxygens (including phenoxy) is 2. The summed E-state index contributed by atoms with van der Waals surface area (Å²) in [5.41, 5.74) is 0.540. The smallest absolute Gasteiger partial charge is 0.244 e. The van der Waals surface area contributed by atoms with Crippen LogP contribution in [0.4, 0.5) is 0 Å². The van der Waals surface area contributed by atoms with Crippen LogP contribution in [-0.2, 0) is 4.79 Å². The highest BCUT2D eigenvalue weighted by Crippen LogP contribution is 2.33. The van der Waals surface area contributed by atoms with Crippen LogP contribution in [0.3, 0.4) is 0 Å². The van der Waals surface area contributed by atoms with Gasteiger partial charge in [0.2, 0.25) is 5.91 Å². The molecule has 1 aliphatic carbocycles. The quantitative estimate of drug-likeness (QED) is 0.673. The first-order valence-corrected chi connectivity index (χ1v) is 8.70. The lowest BCUT2D eigenvalue weighted by molar-refractivity contribution is -0.117. The fourth-order valence-electron chi connectivity index (χ4n) is 2.96. The molecule has 2 aliphatic rings. The van der Waals surface area contributed by atoms with Gasteiger partial charge in [0.05, 0.1) is 6.61 Å². The second-order valence-electron chi connectivity index (χ2n) is 6.05. The van der Waals surface area contributed by atoms with Crippen molar-refractivity contribution in [1.29, 1.82) is 0 Å². The third kappa shape index (κ3) is 4.64. The Hall–Kier alpha value is -1.68. The second kappa shape index (κ2) is 7.73. The molecular formula is C18H22ClNO3. The van der Waals surface area contributed by atoms with Gasteiger partial charge in [-0.15, -0.1) is 0 Å². The van der Waals surface area contributed by atoms with E-state index in [0.29, 0.717) is 30.6 Å². The lowest BCUT2D eigenvalue weighted by atomic mass is 9.95. The van der Waals surface area contributed by atoms with Crippen LogP contribution in [0.25, 0.3) is 6.08 Å². The lowest BCUT2D eigenvalue weighted by Crippen LogP contribution is -2.34. The molecule has 1 atom stereocenters. The number of hydrogen-bond donors (Lipinski definition) is 1. The van der Waals surface area contributed by atoms with E-state index in [1.54, 1.807) is 12.2 Å². The van der Waals surface area contributed by atoms with Crippen molar-refractivity contribution in [2.75, 3.05) is 6.61 Å². The van der Waals surface area contributed by atoms with Crippen LogP contribution in [0.5, 0.6) is 11.5 Å². The summed E-state index contributed by atoms with van der Waals surface area (Å²) in [5.74, 6) is 1.28. The molecule has 124 valence electrons. The molecule has 1 unspecified atom stereocenters. The van der Waals surface area contributed by atoms with Gasteiger partial charge in [0.25, 0.3) is 0 Å². The summed E-state index contributed by atoms with van der Waals surface area (Å²) in [5, 5.41) is 3.07. The van der Waals surface area contributed by atoms with Crippen molar-refractivity contribution in [2.24, 2.45) is 0 Å². The Labute approximate surface area is 141 Å². The molecule has 1 aliphatic heterocycles. The van der Waals surface area contributed by atoms with Crippen LogP contribution < -0.4 is 14.8 Å². The summed E-state index contributed by atoms with van der Waals surface area (Å²) in [6.07, 6.45) is 9.89. The van der Waals surface area contributed by atoms with Crippen molar-refractivity contribution in [3.8, 4) is 11.5 Å². The van der Waals surface area contributed by atoms with Crippen molar-refractivity contribution in [2.45, 2.75) is 50.1 Å². The summed E-state index contributed by atoms with van der Waals surface area (Å²) in [7, 11) is 0. The summed E-state index contributed by atoms with van der Waals surface area (Å²) < 4.78 is 11.2. The highest BCUT2D eigenvalue weighted by atomic mass is 35.5. The average Bonchev–Trinajstić information content (AvgIpc) is 2.74. The summed E-state index contributed by atoms with van der Waals surface area (Å²) in [6.45, 7) is 0.524. The minimum Gasteiger partial charge on any atom is -0.489 e. The van der Waals surface area contributed by atoms with Crippen molar-refractivity contribution >= 4 is 23.6 Å². The van der Waals surface area contributed by atoms with Gasteiger partial charge in [0, 0.05) is 18.5 Å². The standard InChI is InChI=1S/C18H22ClNO3/c19-17-10-11-22-16-12-13(6-8-15(16)23-17)7-9-18(21)20-14-4-2-1-3-5-14/h6-9,12,14,17H,1-5,10-11H2,(H,20,21)/b9-7+. The fraction of sp³-hybridized carbons (Fsp3) is 0.500. The van der Waals surface area contributed by atoms with E-state index in [0.717, 1.165) is 18.4 Å². The van der Waals surface area contributed by atoms with Gasteiger partial charge in [0.15, 0.2) is 17.1 Å². The Kier molecular flexibility index (Phi) is 5.44. The molecule has 23 heavy (non-hydrogen) atoms. The van der Waals surface area contributed by atoms with Crippen LogP contribution in [-0.4, -0.2) is 24.1 Å². The maximum Gasteiger partial charge on any atom is 0.244 e. The van der Waals surface area contributed by atoms with Crippen molar-refractivity contribution in [1.82, 2.24) is 5.32 Å². The molecule has 1 N–H and O–H groups in total. The molecule has 0 radical (unpaired) electrons. The van der Waals surface area contributed by atoms with Crippen LogP contribution in [0, 0.1) is 0 Å². The topological polar surface area (TPSA) is 47.6 Å². The van der Waals surface area contributed by atoms with E-state index in [1.807, 2.05) is 18.2 Å². The Balaban J connectivity index is 1.61. The molecule has 3 rings (SSSR count). The first-order valence-electron chi connectivity index (χ1n) is 8.27. The average molecular weight is 336 g/mol. The van der Waals surface area contributed by atoms with Gasteiger partial charge in [-0.1, -0.05) is 36.9 Å². The van der Waals surface area contributed by atoms with E-state index >= 15 is 0 Å². The predicted octanol–water partition coefficient (Wildman–Crippen LogP) is 3.87. The predicted molar refractivity (Wildman–Crippen MR) is 90.9 cm³/mol. The molecule has 5 heteroatoms. The number of nitrogens with one attached hydrogen (secondary N) is 1. The van der Waals surface area contributed by atoms with Crippen LogP contribution in [0.2, 0.25) is 0 Å². The van der Waals surface area contributed by atoms with E-state index in [1.165, 1.54) is 19.3 Å². The number of hydrogen-bond acceptors (Lipinski definition) is 3. The first kappa shape index (κ1) is 16.2. The largest absolute Gasteiger partial charge is 0.489 e. The minimum absolute atomic E-state index is 0.0372. The molecule has 1 fully saturated rings. The van der Waals surface area contributed by atoms with Gasteiger partial charge in [-0.2, -0.15) is 0 Å². The molecule has 1 aromatic rings. The SMILES string of the molecule is O=C(/C=C/c1ccc2c(c1)OCCC(Cl)O2)NC1CCCCC1. The van der Waals surface area contributed by atoms with Crippen LogP contribution >= 0.6 is 11.6 Å². The number of halogens is 1. The van der Waals surface area contributed by atoms with Gasteiger partial charge in [-0.25, -0.2) is 0 Å². The molecule has 0 spiro atoms. The van der Waals surface area contributed by atoms with Gasteiger partial charge >= 0.3 is 0 Å². The van der Waals surface area contributed by atoms with E-state index in [-0.39, 0.29) is 11.5 Å². The molecule has 0 bridgehead atoms. The zero-order valence-electron chi connectivity index (χ0n) is 13.1. The van der Waals surface area contributed by atoms with Crippen molar-refractivity contribution in [3.63, 3.8) is 0 Å². The van der Waals surface area contributed by atoms with Gasteiger partial charge in [-0.3, -0.25) is 4.79 Å². The number of benzene rings is 1. The number of carbonyl (C=O) groups excluding carboxylic acids is 1. The van der Waals surface area contributed by atoms with Gasteiger partial charge < -0.3 is 14.8 Å². The van der Waals surface area contributed by atoms with E-state index in [2.05, 4.69) is 5.32 Å². The zero-order chi connectivity index (χ0) is 16.1. The molecule has 1 heterocycles. The van der Waals surface area contributed by atoms with E-state index in [9.17, 15) is 4.79 Å². The van der Waals surface area contributed by atoms with Crippen molar-refractivity contribution in [3.05, 3.63) is 29.8 Å². The third-order valence-electron chi connectivity index (χ3n) is 4.20. The highest BCUT2D eigenvalue weighted by Gasteiger charge is 2.17. The molecule has 0 saturated heterocycles. The monoisotopic (exact) mass is 335 g/mol. The third-order valence-corrected chi connectivity index (χ3v) is 4.51. The number of rotatable bonds is 3. The van der Waals surface area contributed by atoms with Gasteiger partial charge in [-0.05, 0) is 36.6 Å². The Bertz CT molecular complexity index is 582. The van der Waals surface area contributed by atoms with Crippen LogP contribution in [0.1, 0.15) is 44.1 Å².